The first-order valence-electron chi connectivity index (χ1n) is 6.36. The number of rotatable bonds is 3. The number of thiophene rings is 1. The maximum absolute atomic E-state index is 13.3. The third kappa shape index (κ3) is 2.81. The summed E-state index contributed by atoms with van der Waals surface area (Å²) >= 11 is 5.04. The van der Waals surface area contributed by atoms with Crippen LogP contribution in [0, 0.1) is 5.82 Å². The van der Waals surface area contributed by atoms with Gasteiger partial charge in [-0.25, -0.2) is 4.39 Å². The first-order chi connectivity index (χ1) is 10.1. The molecule has 1 atom stereocenters. The van der Waals surface area contributed by atoms with Crippen LogP contribution in [0.4, 0.5) is 4.39 Å². The molecule has 0 radical (unpaired) electrons. The van der Waals surface area contributed by atoms with Gasteiger partial charge in [-0.3, -0.25) is 0 Å². The molecule has 2 N–H and O–H groups in total. The van der Waals surface area contributed by atoms with Gasteiger partial charge in [0, 0.05) is 14.0 Å². The van der Waals surface area contributed by atoms with Gasteiger partial charge in [0.25, 0.3) is 0 Å². The summed E-state index contributed by atoms with van der Waals surface area (Å²) in [4.78, 5) is 1.00. The van der Waals surface area contributed by atoms with Gasteiger partial charge < -0.3 is 10.5 Å². The Labute approximate surface area is 134 Å². The highest BCUT2D eigenvalue weighted by atomic mass is 79.9. The number of nitrogens with two attached hydrogens (primary N) is 1. The van der Waals surface area contributed by atoms with Gasteiger partial charge in [0.1, 0.15) is 11.6 Å². The fraction of sp³-hybridized carbons (Fsp3) is 0.125. The second-order valence-electron chi connectivity index (χ2n) is 4.70. The van der Waals surface area contributed by atoms with Crippen molar-refractivity contribution in [2.75, 3.05) is 7.11 Å². The lowest BCUT2D eigenvalue weighted by Gasteiger charge is -2.13. The quantitative estimate of drug-likeness (QED) is 0.719. The molecule has 0 aliphatic rings. The first-order valence-corrected chi connectivity index (χ1v) is 7.97. The van der Waals surface area contributed by atoms with Crippen LogP contribution in [0.1, 0.15) is 16.5 Å². The van der Waals surface area contributed by atoms with Crippen LogP contribution < -0.4 is 10.5 Å². The Kier molecular flexibility index (Phi) is 3.97. The van der Waals surface area contributed by atoms with E-state index in [4.69, 9.17) is 10.5 Å². The Balaban J connectivity index is 2.01. The van der Waals surface area contributed by atoms with Crippen molar-refractivity contribution in [3.05, 3.63) is 63.2 Å². The minimum Gasteiger partial charge on any atom is -0.497 e. The molecule has 0 saturated carbocycles. The average Bonchev–Trinajstić information content (AvgIpc) is 2.89. The zero-order chi connectivity index (χ0) is 15.0. The normalized spacial score (nSPS) is 12.6. The number of benzene rings is 2. The maximum Gasteiger partial charge on any atom is 0.124 e. The SMILES string of the molecule is COc1ccc(C(N)c2cc3ccc(F)cc3s2)c(Br)c1. The van der Waals surface area contributed by atoms with E-state index >= 15 is 0 Å². The van der Waals surface area contributed by atoms with Crippen LogP contribution in [0.2, 0.25) is 0 Å². The number of halogens is 2. The van der Waals surface area contributed by atoms with E-state index in [9.17, 15) is 4.39 Å². The smallest absolute Gasteiger partial charge is 0.124 e. The first kappa shape index (κ1) is 14.5. The third-order valence-electron chi connectivity index (χ3n) is 3.35. The molecular weight excluding hydrogens is 353 g/mol. The van der Waals surface area contributed by atoms with Crippen molar-refractivity contribution < 1.29 is 9.13 Å². The molecule has 0 aliphatic carbocycles. The zero-order valence-electron chi connectivity index (χ0n) is 11.3. The predicted molar refractivity (Wildman–Crippen MR) is 88.5 cm³/mol. The number of fused-ring (bicyclic) bond motifs is 1. The average molecular weight is 366 g/mol. The molecule has 1 unspecified atom stereocenters. The van der Waals surface area contributed by atoms with Crippen LogP contribution in [0.15, 0.2) is 46.9 Å². The van der Waals surface area contributed by atoms with Crippen LogP contribution >= 0.6 is 27.3 Å². The number of hydrogen-bond acceptors (Lipinski definition) is 3. The molecule has 108 valence electrons. The van der Waals surface area contributed by atoms with E-state index < -0.39 is 0 Å². The van der Waals surface area contributed by atoms with E-state index in [0.29, 0.717) is 0 Å². The molecule has 1 aromatic heterocycles. The van der Waals surface area contributed by atoms with E-state index in [1.807, 2.05) is 24.3 Å². The van der Waals surface area contributed by atoms with Crippen molar-refractivity contribution in [1.29, 1.82) is 0 Å². The fourth-order valence-electron chi connectivity index (χ4n) is 2.22. The standard InChI is InChI=1S/C16H13BrFNOS/c1-20-11-4-5-12(13(17)8-11)16(19)15-6-9-2-3-10(18)7-14(9)21-15/h2-8,16H,19H2,1H3. The lowest BCUT2D eigenvalue weighted by Crippen LogP contribution is -2.10. The minimum absolute atomic E-state index is 0.227. The minimum atomic E-state index is -0.259. The molecule has 2 nitrogen and oxygen atoms in total. The Morgan fingerprint density at radius 2 is 2.00 bits per heavy atom. The summed E-state index contributed by atoms with van der Waals surface area (Å²) in [7, 11) is 1.63. The van der Waals surface area contributed by atoms with Gasteiger partial charge in [-0.1, -0.05) is 28.1 Å². The summed E-state index contributed by atoms with van der Waals surface area (Å²) in [5, 5.41) is 1.01. The van der Waals surface area contributed by atoms with Gasteiger partial charge in [-0.15, -0.1) is 11.3 Å². The van der Waals surface area contributed by atoms with Gasteiger partial charge in [0.05, 0.1) is 13.2 Å². The van der Waals surface area contributed by atoms with E-state index in [2.05, 4.69) is 15.9 Å². The van der Waals surface area contributed by atoms with E-state index in [-0.39, 0.29) is 11.9 Å². The number of hydrogen-bond donors (Lipinski definition) is 1. The van der Waals surface area contributed by atoms with E-state index in [1.165, 1.54) is 17.4 Å². The lowest BCUT2D eigenvalue weighted by atomic mass is 10.1. The predicted octanol–water partition coefficient (Wildman–Crippen LogP) is 4.86. The summed E-state index contributed by atoms with van der Waals surface area (Å²) in [6, 6.07) is 12.3. The molecule has 21 heavy (non-hydrogen) atoms. The van der Waals surface area contributed by atoms with Crippen LogP contribution in [-0.4, -0.2) is 7.11 Å². The Hall–Kier alpha value is -1.43. The molecule has 3 aromatic rings. The topological polar surface area (TPSA) is 35.2 Å². The number of methoxy groups -OCH3 is 1. The summed E-state index contributed by atoms with van der Waals surface area (Å²) < 4.78 is 20.3. The van der Waals surface area contributed by atoms with Crippen LogP contribution in [0.25, 0.3) is 10.1 Å². The molecule has 0 spiro atoms. The summed E-state index contributed by atoms with van der Waals surface area (Å²) in [5.41, 5.74) is 7.33. The Morgan fingerprint density at radius 3 is 2.71 bits per heavy atom. The fourth-order valence-corrected chi connectivity index (χ4v) is 3.93. The molecule has 0 aliphatic heterocycles. The zero-order valence-corrected chi connectivity index (χ0v) is 13.7. The highest BCUT2D eigenvalue weighted by Gasteiger charge is 2.16. The van der Waals surface area contributed by atoms with Crippen LogP contribution in [0.3, 0.4) is 0 Å². The van der Waals surface area contributed by atoms with Crippen molar-refractivity contribution in [3.8, 4) is 5.75 Å². The molecule has 0 bridgehead atoms. The summed E-state index contributed by atoms with van der Waals surface area (Å²) in [5.74, 6) is 0.548. The van der Waals surface area contributed by atoms with Gasteiger partial charge in [0.2, 0.25) is 0 Å². The van der Waals surface area contributed by atoms with Crippen molar-refractivity contribution in [2.24, 2.45) is 5.73 Å². The molecule has 0 fully saturated rings. The summed E-state index contributed by atoms with van der Waals surface area (Å²) in [6.07, 6.45) is 0. The molecule has 2 aromatic carbocycles. The molecule has 5 heteroatoms. The molecule has 0 saturated heterocycles. The largest absolute Gasteiger partial charge is 0.497 e. The van der Waals surface area contributed by atoms with Crippen LogP contribution in [-0.2, 0) is 0 Å². The van der Waals surface area contributed by atoms with Gasteiger partial charge in [-0.2, -0.15) is 0 Å². The molecular formula is C16H13BrFNOS. The molecule has 3 rings (SSSR count). The second kappa shape index (κ2) is 5.75. The van der Waals surface area contributed by atoms with Crippen molar-refractivity contribution in [2.45, 2.75) is 6.04 Å². The van der Waals surface area contributed by atoms with Gasteiger partial charge in [-0.05, 0) is 41.3 Å². The third-order valence-corrected chi connectivity index (χ3v) is 5.22. The number of ether oxygens (including phenoxy) is 1. The van der Waals surface area contributed by atoms with Crippen molar-refractivity contribution in [1.82, 2.24) is 0 Å². The second-order valence-corrected chi connectivity index (χ2v) is 6.67. The van der Waals surface area contributed by atoms with Crippen LogP contribution in [0.5, 0.6) is 5.75 Å². The molecule has 0 amide bonds. The molecule has 1 heterocycles. The lowest BCUT2D eigenvalue weighted by molar-refractivity contribution is 0.414. The van der Waals surface area contributed by atoms with Crippen molar-refractivity contribution >= 4 is 37.4 Å². The Bertz CT molecular complexity index is 802. The maximum atomic E-state index is 13.3. The monoisotopic (exact) mass is 365 g/mol. The van der Waals surface area contributed by atoms with Gasteiger partial charge >= 0.3 is 0 Å². The van der Waals surface area contributed by atoms with E-state index in [0.717, 1.165) is 30.7 Å². The summed E-state index contributed by atoms with van der Waals surface area (Å²) in [6.45, 7) is 0. The highest BCUT2D eigenvalue weighted by molar-refractivity contribution is 9.10. The van der Waals surface area contributed by atoms with E-state index in [1.54, 1.807) is 19.2 Å². The van der Waals surface area contributed by atoms with Crippen molar-refractivity contribution in [3.63, 3.8) is 0 Å². The Morgan fingerprint density at radius 1 is 1.19 bits per heavy atom. The van der Waals surface area contributed by atoms with Gasteiger partial charge in [0.15, 0.2) is 0 Å². The highest BCUT2D eigenvalue weighted by Crippen LogP contribution is 2.35.